The Morgan fingerprint density at radius 1 is 1.39 bits per heavy atom. The summed E-state index contributed by atoms with van der Waals surface area (Å²) in [4.78, 5) is 11.5. The first-order valence-electron chi connectivity index (χ1n) is 6.16. The van der Waals surface area contributed by atoms with Gasteiger partial charge in [0.25, 0.3) is 0 Å². The smallest absolute Gasteiger partial charge is 0.338 e. The normalized spacial score (nSPS) is 14.8. The molecule has 0 fully saturated rings. The summed E-state index contributed by atoms with van der Waals surface area (Å²) in [6, 6.07) is 3.94. The number of nitrogens with one attached hydrogen (secondary N) is 1. The molecule has 2 aromatic rings. The molecule has 2 heterocycles. The molecule has 94 valence electrons. The van der Waals surface area contributed by atoms with Gasteiger partial charge in [-0.25, -0.2) is 4.79 Å². The quantitative estimate of drug-likeness (QED) is 0.807. The second-order valence-corrected chi connectivity index (χ2v) is 4.86. The minimum atomic E-state index is -0.833. The van der Waals surface area contributed by atoms with E-state index in [1.807, 2.05) is 12.1 Å². The second-order valence-electron chi connectivity index (χ2n) is 4.86. The predicted molar refractivity (Wildman–Crippen MR) is 70.1 cm³/mol. The highest BCUT2D eigenvalue weighted by Crippen LogP contribution is 2.31. The van der Waals surface area contributed by atoms with Crippen LogP contribution in [0.15, 0.2) is 12.1 Å². The van der Waals surface area contributed by atoms with Gasteiger partial charge in [-0.3, -0.25) is 0 Å². The third-order valence-corrected chi connectivity index (χ3v) is 3.87. The molecule has 0 saturated carbocycles. The van der Waals surface area contributed by atoms with E-state index >= 15 is 0 Å². The topological polar surface area (TPSA) is 54.3 Å². The van der Waals surface area contributed by atoms with E-state index in [1.165, 1.54) is 11.1 Å². The zero-order valence-corrected chi connectivity index (χ0v) is 10.6. The van der Waals surface area contributed by atoms with Crippen LogP contribution < -0.4 is 5.32 Å². The first kappa shape index (κ1) is 11.3. The largest absolute Gasteiger partial charge is 0.478 e. The lowest BCUT2D eigenvalue weighted by Gasteiger charge is -2.18. The van der Waals surface area contributed by atoms with Crippen molar-refractivity contribution in [2.45, 2.75) is 26.9 Å². The Kier molecular flexibility index (Phi) is 2.41. The maximum absolute atomic E-state index is 11.5. The standard InChI is InChI=1S/C14H16N2O2/c1-8-3-4-10-12(14(17)18)11-7-15-5-6-16(11)13(10)9(8)2/h3-4,15H,5-7H2,1-2H3,(H,17,18). The Morgan fingerprint density at radius 2 is 2.17 bits per heavy atom. The van der Waals surface area contributed by atoms with Gasteiger partial charge in [-0.2, -0.15) is 0 Å². The van der Waals surface area contributed by atoms with Crippen molar-refractivity contribution in [3.05, 3.63) is 34.5 Å². The van der Waals surface area contributed by atoms with Crippen LogP contribution in [0.3, 0.4) is 0 Å². The number of rotatable bonds is 1. The number of aromatic nitrogens is 1. The lowest BCUT2D eigenvalue weighted by atomic mass is 10.0. The predicted octanol–water partition coefficient (Wildman–Crippen LogP) is 2.06. The molecule has 1 aromatic carbocycles. The molecule has 0 aliphatic carbocycles. The van der Waals surface area contributed by atoms with Crippen LogP contribution in [0.1, 0.15) is 27.2 Å². The van der Waals surface area contributed by atoms with Crippen molar-refractivity contribution in [3.63, 3.8) is 0 Å². The Morgan fingerprint density at radius 3 is 2.89 bits per heavy atom. The van der Waals surface area contributed by atoms with Crippen LogP contribution in [0.2, 0.25) is 0 Å². The van der Waals surface area contributed by atoms with E-state index in [9.17, 15) is 9.90 Å². The number of carboxylic acids is 1. The fraction of sp³-hybridized carbons (Fsp3) is 0.357. The van der Waals surface area contributed by atoms with E-state index in [1.54, 1.807) is 0 Å². The van der Waals surface area contributed by atoms with Gasteiger partial charge in [0.2, 0.25) is 0 Å². The number of carboxylic acid groups (broad SMARTS) is 1. The number of benzene rings is 1. The van der Waals surface area contributed by atoms with Gasteiger partial charge in [0, 0.05) is 30.7 Å². The monoisotopic (exact) mass is 244 g/mol. The average Bonchev–Trinajstić information content (AvgIpc) is 2.68. The molecule has 1 aromatic heterocycles. The molecule has 18 heavy (non-hydrogen) atoms. The summed E-state index contributed by atoms with van der Waals surface area (Å²) in [5.74, 6) is -0.833. The van der Waals surface area contributed by atoms with Crippen LogP contribution in [-0.4, -0.2) is 22.2 Å². The Hall–Kier alpha value is -1.81. The summed E-state index contributed by atoms with van der Waals surface area (Å²) in [5.41, 5.74) is 4.84. The van der Waals surface area contributed by atoms with E-state index in [4.69, 9.17) is 0 Å². The Balaban J connectivity index is 2.47. The van der Waals surface area contributed by atoms with E-state index in [0.29, 0.717) is 12.1 Å². The van der Waals surface area contributed by atoms with Gasteiger partial charge in [0.05, 0.1) is 11.1 Å². The zero-order valence-electron chi connectivity index (χ0n) is 10.6. The Labute approximate surface area is 105 Å². The molecule has 2 N–H and O–H groups in total. The fourth-order valence-electron chi connectivity index (χ4n) is 2.84. The zero-order chi connectivity index (χ0) is 12.9. The summed E-state index contributed by atoms with van der Waals surface area (Å²) < 4.78 is 2.16. The summed E-state index contributed by atoms with van der Waals surface area (Å²) >= 11 is 0. The van der Waals surface area contributed by atoms with Crippen LogP contribution in [0.5, 0.6) is 0 Å². The lowest BCUT2D eigenvalue weighted by molar-refractivity contribution is 0.0697. The van der Waals surface area contributed by atoms with Gasteiger partial charge in [0.15, 0.2) is 0 Å². The minimum absolute atomic E-state index is 0.459. The molecular weight excluding hydrogens is 228 g/mol. The Bertz CT molecular complexity index is 656. The maximum atomic E-state index is 11.5. The van der Waals surface area contributed by atoms with Gasteiger partial charge in [0.1, 0.15) is 0 Å². The third-order valence-electron chi connectivity index (χ3n) is 3.87. The molecule has 0 radical (unpaired) electrons. The lowest BCUT2D eigenvalue weighted by Crippen LogP contribution is -2.28. The van der Waals surface area contributed by atoms with E-state index in [0.717, 1.165) is 29.7 Å². The van der Waals surface area contributed by atoms with E-state index in [2.05, 4.69) is 23.7 Å². The number of hydrogen-bond donors (Lipinski definition) is 2. The van der Waals surface area contributed by atoms with Crippen molar-refractivity contribution in [2.75, 3.05) is 6.54 Å². The molecule has 1 aliphatic heterocycles. The first-order chi connectivity index (χ1) is 8.61. The molecule has 0 amide bonds. The van der Waals surface area contributed by atoms with Crippen LogP contribution >= 0.6 is 0 Å². The molecule has 1 aliphatic rings. The number of nitrogens with zero attached hydrogens (tertiary/aromatic N) is 1. The molecule has 4 nitrogen and oxygen atoms in total. The van der Waals surface area contributed by atoms with Gasteiger partial charge >= 0.3 is 5.97 Å². The first-order valence-corrected chi connectivity index (χ1v) is 6.16. The molecule has 0 atom stereocenters. The van der Waals surface area contributed by atoms with Gasteiger partial charge < -0.3 is 15.0 Å². The van der Waals surface area contributed by atoms with Crippen molar-refractivity contribution < 1.29 is 9.90 Å². The number of fused-ring (bicyclic) bond motifs is 3. The van der Waals surface area contributed by atoms with E-state index < -0.39 is 5.97 Å². The van der Waals surface area contributed by atoms with Gasteiger partial charge in [-0.15, -0.1) is 0 Å². The van der Waals surface area contributed by atoms with Crippen LogP contribution in [0, 0.1) is 13.8 Å². The molecule has 4 heteroatoms. The van der Waals surface area contributed by atoms with E-state index in [-0.39, 0.29) is 0 Å². The van der Waals surface area contributed by atoms with Crippen LogP contribution in [-0.2, 0) is 13.1 Å². The van der Waals surface area contributed by atoms with Crippen molar-refractivity contribution in [1.29, 1.82) is 0 Å². The van der Waals surface area contributed by atoms with Gasteiger partial charge in [-0.05, 0) is 25.0 Å². The molecule has 3 rings (SSSR count). The molecule has 0 saturated heterocycles. The minimum Gasteiger partial charge on any atom is -0.478 e. The average molecular weight is 244 g/mol. The second kappa shape index (κ2) is 3.85. The van der Waals surface area contributed by atoms with Crippen LogP contribution in [0.4, 0.5) is 0 Å². The number of aryl methyl sites for hydroxylation is 2. The van der Waals surface area contributed by atoms with Gasteiger partial charge in [-0.1, -0.05) is 12.1 Å². The highest BCUT2D eigenvalue weighted by atomic mass is 16.4. The highest BCUT2D eigenvalue weighted by molar-refractivity contribution is 6.06. The maximum Gasteiger partial charge on any atom is 0.338 e. The molecule has 0 unspecified atom stereocenters. The molecule has 0 bridgehead atoms. The van der Waals surface area contributed by atoms with Crippen molar-refractivity contribution in [3.8, 4) is 0 Å². The van der Waals surface area contributed by atoms with Crippen molar-refractivity contribution in [2.24, 2.45) is 0 Å². The number of carbonyl (C=O) groups is 1. The van der Waals surface area contributed by atoms with Crippen molar-refractivity contribution in [1.82, 2.24) is 9.88 Å². The summed E-state index contributed by atoms with van der Waals surface area (Å²) in [7, 11) is 0. The fourth-order valence-corrected chi connectivity index (χ4v) is 2.84. The molecule has 0 spiro atoms. The highest BCUT2D eigenvalue weighted by Gasteiger charge is 2.24. The third kappa shape index (κ3) is 1.39. The summed E-state index contributed by atoms with van der Waals surface area (Å²) in [6.45, 7) is 6.50. The molecular formula is C14H16N2O2. The van der Waals surface area contributed by atoms with Crippen molar-refractivity contribution >= 4 is 16.9 Å². The number of aromatic carboxylic acids is 1. The van der Waals surface area contributed by atoms with Crippen LogP contribution in [0.25, 0.3) is 10.9 Å². The SMILES string of the molecule is Cc1ccc2c(C(=O)O)c3n(c2c1C)CCNC3. The summed E-state index contributed by atoms with van der Waals surface area (Å²) in [6.07, 6.45) is 0. The summed E-state index contributed by atoms with van der Waals surface area (Å²) in [5, 5.41) is 13.6. The number of hydrogen-bond acceptors (Lipinski definition) is 2.